The molecular weight excluding hydrogens is 691 g/mol. The highest BCUT2D eigenvalue weighted by molar-refractivity contribution is 5.82. The van der Waals surface area contributed by atoms with E-state index >= 15 is 0 Å². The quantitative estimate of drug-likeness (QED) is 0.108. The number of nitrogens with two attached hydrogens (primary N) is 3. The molecule has 4 atom stereocenters. The van der Waals surface area contributed by atoms with Gasteiger partial charge in [-0.25, -0.2) is 9.97 Å². The van der Waals surface area contributed by atoms with E-state index in [1.165, 1.54) is 0 Å². The average molecular weight is 738 g/mol. The van der Waals surface area contributed by atoms with Gasteiger partial charge in [0.25, 0.3) is 0 Å². The number of carbonyl (C=O) groups excluding carboxylic acids is 2. The van der Waals surface area contributed by atoms with E-state index in [1.807, 2.05) is 38.6 Å². The molecule has 0 spiro atoms. The van der Waals surface area contributed by atoms with Crippen molar-refractivity contribution in [1.29, 1.82) is 0 Å². The highest BCUT2D eigenvalue weighted by atomic mass is 16.2. The second kappa shape index (κ2) is 15.6. The molecule has 19 nitrogen and oxygen atoms in total. The van der Waals surface area contributed by atoms with Gasteiger partial charge >= 0.3 is 0 Å². The van der Waals surface area contributed by atoms with Crippen LogP contribution in [-0.2, 0) is 23.7 Å². The lowest BCUT2D eigenvalue weighted by atomic mass is 9.91. The third-order valence-corrected chi connectivity index (χ3v) is 10.1. The maximum atomic E-state index is 12.1. The summed E-state index contributed by atoms with van der Waals surface area (Å²) in [5.41, 5.74) is 24.8. The number of rotatable bonds is 8. The minimum atomic E-state index is -0.190. The van der Waals surface area contributed by atoms with Crippen LogP contribution >= 0.6 is 0 Å². The van der Waals surface area contributed by atoms with Gasteiger partial charge in [-0.05, 0) is 25.7 Å². The molecule has 10 N–H and O–H groups in total. The van der Waals surface area contributed by atoms with Gasteiger partial charge < -0.3 is 38.5 Å². The van der Waals surface area contributed by atoms with Gasteiger partial charge in [-0.15, -0.1) is 0 Å². The Kier molecular flexibility index (Phi) is 10.5. The van der Waals surface area contributed by atoms with Crippen LogP contribution in [0.1, 0.15) is 48.9 Å². The van der Waals surface area contributed by atoms with Gasteiger partial charge in [0.05, 0.1) is 48.3 Å². The van der Waals surface area contributed by atoms with E-state index in [0.717, 1.165) is 65.0 Å². The molecule has 54 heavy (non-hydrogen) atoms. The summed E-state index contributed by atoms with van der Waals surface area (Å²) in [7, 11) is 5.40. The van der Waals surface area contributed by atoms with E-state index in [2.05, 4.69) is 41.7 Å². The van der Waals surface area contributed by atoms with Crippen molar-refractivity contribution in [1.82, 2.24) is 70.0 Å². The molecule has 0 aromatic carbocycles. The lowest BCUT2D eigenvalue weighted by molar-refractivity contribution is -0.124. The fourth-order valence-electron chi connectivity index (χ4n) is 7.12. The highest BCUT2D eigenvalue weighted by Crippen LogP contribution is 2.31. The number of hydrogen-bond acceptors (Lipinski definition) is 13. The van der Waals surface area contributed by atoms with Crippen LogP contribution in [0.4, 0.5) is 11.6 Å². The summed E-state index contributed by atoms with van der Waals surface area (Å²) in [4.78, 5) is 33.6. The first-order valence-corrected chi connectivity index (χ1v) is 18.1. The van der Waals surface area contributed by atoms with Gasteiger partial charge in [0, 0.05) is 106 Å². The third kappa shape index (κ3) is 7.45. The molecule has 8 rings (SSSR count). The zero-order valence-corrected chi connectivity index (χ0v) is 30.6. The molecule has 2 saturated heterocycles. The minimum Gasteiger partial charge on any atom is -0.384 e. The van der Waals surface area contributed by atoms with Crippen LogP contribution in [0.3, 0.4) is 0 Å². The van der Waals surface area contributed by atoms with E-state index in [1.54, 1.807) is 50.2 Å². The zero-order valence-electron chi connectivity index (χ0n) is 30.6. The first-order chi connectivity index (χ1) is 26.1. The lowest BCUT2D eigenvalue weighted by Crippen LogP contribution is -2.49. The zero-order chi connectivity index (χ0) is 37.9. The Hall–Kier alpha value is -5.92. The van der Waals surface area contributed by atoms with Gasteiger partial charge in [0.1, 0.15) is 11.6 Å². The number of hydrogen-bond donors (Lipinski definition) is 7. The van der Waals surface area contributed by atoms with E-state index in [-0.39, 0.29) is 35.7 Å². The summed E-state index contributed by atoms with van der Waals surface area (Å²) in [5, 5.41) is 29.3. The summed E-state index contributed by atoms with van der Waals surface area (Å²) >= 11 is 0. The predicted molar refractivity (Wildman–Crippen MR) is 203 cm³/mol. The minimum absolute atomic E-state index is 0.00137. The van der Waals surface area contributed by atoms with Gasteiger partial charge in [0.15, 0.2) is 11.3 Å². The molecule has 0 radical (unpaired) electrons. The first-order valence-electron chi connectivity index (χ1n) is 18.1. The Bertz CT molecular complexity index is 2250. The number of anilines is 2. The molecule has 4 unspecified atom stereocenters. The second-order valence-corrected chi connectivity index (χ2v) is 13.8. The van der Waals surface area contributed by atoms with Gasteiger partial charge in [-0.2, -0.15) is 29.4 Å². The van der Waals surface area contributed by atoms with Crippen LogP contribution in [0.5, 0.6) is 0 Å². The molecule has 19 heteroatoms. The van der Waals surface area contributed by atoms with Crippen LogP contribution in [0.2, 0.25) is 0 Å². The number of likely N-dealkylation sites (N-methyl/N-ethyl adjacent to an activating group) is 1. The molecule has 2 fully saturated rings. The normalized spacial score (nSPS) is 20.1. The van der Waals surface area contributed by atoms with Gasteiger partial charge in [-0.3, -0.25) is 19.0 Å². The topological polar surface area (TPSA) is 256 Å². The van der Waals surface area contributed by atoms with Crippen LogP contribution in [0.15, 0.2) is 49.3 Å². The smallest absolute Gasteiger partial charge is 0.237 e. The largest absolute Gasteiger partial charge is 0.384 e. The summed E-state index contributed by atoms with van der Waals surface area (Å²) in [6.45, 7) is 2.29. The van der Waals surface area contributed by atoms with E-state index in [0.29, 0.717) is 43.5 Å². The van der Waals surface area contributed by atoms with E-state index in [9.17, 15) is 9.59 Å². The predicted octanol–water partition coefficient (Wildman–Crippen LogP) is -0.0839. The summed E-state index contributed by atoms with van der Waals surface area (Å²) < 4.78 is 6.78. The van der Waals surface area contributed by atoms with Crippen LogP contribution in [0, 0.1) is 0 Å². The number of piperidine rings is 2. The van der Waals surface area contributed by atoms with Crippen molar-refractivity contribution in [3.05, 3.63) is 60.7 Å². The van der Waals surface area contributed by atoms with Crippen molar-refractivity contribution >= 4 is 34.7 Å². The molecule has 0 bridgehead atoms. The van der Waals surface area contributed by atoms with E-state index < -0.39 is 0 Å². The van der Waals surface area contributed by atoms with Crippen LogP contribution in [0.25, 0.3) is 33.5 Å². The Labute approximate surface area is 311 Å². The SMILES string of the molecule is CNC(=O)C1CCC(c2cc(N)n3ncc(-c4cnn(C)c4)c3n2)CN1.Cn1cc(-c2cnn3c(N)cc(C4CCC(C(=O)NCCN)NC4)nc23)cn1. The Morgan fingerprint density at radius 3 is 1.61 bits per heavy atom. The van der Waals surface area contributed by atoms with Crippen molar-refractivity contribution in [3.63, 3.8) is 0 Å². The molecular formula is C35H47N17O2. The monoisotopic (exact) mass is 737 g/mol. The number of amides is 2. The number of nitrogens with zero attached hydrogens (tertiary/aromatic N) is 10. The maximum absolute atomic E-state index is 12.1. The molecule has 2 aliphatic heterocycles. The Morgan fingerprint density at radius 1 is 0.741 bits per heavy atom. The molecule has 8 heterocycles. The molecule has 6 aromatic rings. The van der Waals surface area contributed by atoms with Gasteiger partial charge in [-0.1, -0.05) is 0 Å². The second-order valence-electron chi connectivity index (χ2n) is 13.8. The fourth-order valence-corrected chi connectivity index (χ4v) is 7.12. The van der Waals surface area contributed by atoms with Crippen molar-refractivity contribution in [3.8, 4) is 22.3 Å². The molecule has 2 aliphatic rings. The highest BCUT2D eigenvalue weighted by Gasteiger charge is 2.29. The van der Waals surface area contributed by atoms with Crippen molar-refractivity contribution < 1.29 is 9.59 Å². The fraction of sp³-hybridized carbons (Fsp3) is 0.429. The number of nitrogen functional groups attached to an aromatic ring is 2. The van der Waals surface area contributed by atoms with Crippen LogP contribution in [-0.4, -0.2) is 106 Å². The maximum Gasteiger partial charge on any atom is 0.237 e. The number of aromatic nitrogens is 10. The molecule has 2 amide bonds. The average Bonchev–Trinajstić information content (AvgIpc) is 4.01. The number of nitrogens with one attached hydrogen (secondary N) is 4. The number of aryl methyl sites for hydroxylation is 2. The number of carbonyl (C=O) groups is 2. The summed E-state index contributed by atoms with van der Waals surface area (Å²) in [6, 6.07) is 3.41. The summed E-state index contributed by atoms with van der Waals surface area (Å²) in [6.07, 6.45) is 14.2. The Balaban J connectivity index is 0.000000167. The molecule has 6 aromatic heterocycles. The van der Waals surface area contributed by atoms with Crippen molar-refractivity contribution in [2.45, 2.75) is 49.6 Å². The standard InChI is InChI=1S/C18H25N9O.C17H22N8O/c1-26-10-12(8-23-26)13-9-24-27-16(20)6-15(25-17(13)27)11-2-3-14(22-7-11)18(28)21-5-4-19;1-19-17(26)13-4-3-10(6-20-13)14-5-15(18)25-16(23-14)12(8-22-25)11-7-21-24(2)9-11/h6,8-11,14,22H,2-5,7,19-20H2,1H3,(H,21,28);5,7-10,13,20H,3-4,6,18H2,1-2H3,(H,19,26). The first kappa shape index (κ1) is 36.4. The lowest BCUT2D eigenvalue weighted by Gasteiger charge is -2.29. The third-order valence-electron chi connectivity index (χ3n) is 10.1. The van der Waals surface area contributed by atoms with Crippen molar-refractivity contribution in [2.75, 3.05) is 44.7 Å². The molecule has 284 valence electrons. The Morgan fingerprint density at radius 2 is 1.22 bits per heavy atom. The van der Waals surface area contributed by atoms with Crippen LogP contribution < -0.4 is 38.5 Å². The van der Waals surface area contributed by atoms with Gasteiger partial charge in [0.2, 0.25) is 11.8 Å². The molecule has 0 aliphatic carbocycles. The summed E-state index contributed by atoms with van der Waals surface area (Å²) in [5.74, 6) is 1.51. The van der Waals surface area contributed by atoms with Crippen molar-refractivity contribution in [2.24, 2.45) is 19.8 Å². The number of fused-ring (bicyclic) bond motifs is 2. The molecule has 0 saturated carbocycles. The van der Waals surface area contributed by atoms with E-state index in [4.69, 9.17) is 27.2 Å².